The summed E-state index contributed by atoms with van der Waals surface area (Å²) in [5.41, 5.74) is 1.52. The smallest absolute Gasteiger partial charge is 0.263 e. The minimum atomic E-state index is -0.602. The molecule has 1 atom stereocenters. The van der Waals surface area contributed by atoms with Gasteiger partial charge in [-0.05, 0) is 42.8 Å². The van der Waals surface area contributed by atoms with Crippen LogP contribution in [0.2, 0.25) is 0 Å². The molecule has 2 rings (SSSR count). The number of hydrogen-bond donors (Lipinski definition) is 0. The molecule has 0 fully saturated rings. The second kappa shape index (κ2) is 7.23. The van der Waals surface area contributed by atoms with Crippen LogP contribution >= 0.6 is 0 Å². The lowest BCUT2D eigenvalue weighted by Crippen LogP contribution is -2.37. The van der Waals surface area contributed by atoms with E-state index in [1.54, 1.807) is 55.5 Å². The fourth-order valence-corrected chi connectivity index (χ4v) is 2.02. The Kier molecular flexibility index (Phi) is 5.10. The molecule has 0 aliphatic carbocycles. The van der Waals surface area contributed by atoms with E-state index in [2.05, 4.69) is 4.98 Å². The summed E-state index contributed by atoms with van der Waals surface area (Å²) >= 11 is 0. The lowest BCUT2D eigenvalue weighted by Gasteiger charge is -2.22. The molecule has 112 valence electrons. The molecule has 5 heteroatoms. The van der Waals surface area contributed by atoms with Crippen molar-refractivity contribution in [1.29, 1.82) is 5.26 Å². The van der Waals surface area contributed by atoms with Crippen molar-refractivity contribution in [3.05, 3.63) is 59.9 Å². The summed E-state index contributed by atoms with van der Waals surface area (Å²) in [5.74, 6) is 0.447. The summed E-state index contributed by atoms with van der Waals surface area (Å²) in [4.78, 5) is 17.9. The van der Waals surface area contributed by atoms with Gasteiger partial charge in [-0.2, -0.15) is 5.26 Å². The zero-order chi connectivity index (χ0) is 15.9. The van der Waals surface area contributed by atoms with Crippen molar-refractivity contribution in [1.82, 2.24) is 9.88 Å². The number of likely N-dealkylation sites (N-methyl/N-ethyl adjacent to an activating group) is 1. The van der Waals surface area contributed by atoms with Crippen molar-refractivity contribution in [2.75, 3.05) is 7.05 Å². The van der Waals surface area contributed by atoms with E-state index in [0.29, 0.717) is 17.9 Å². The first-order chi connectivity index (χ1) is 10.6. The first-order valence-electron chi connectivity index (χ1n) is 6.91. The van der Waals surface area contributed by atoms with Gasteiger partial charge in [-0.15, -0.1) is 0 Å². The highest BCUT2D eigenvalue weighted by atomic mass is 16.5. The van der Waals surface area contributed by atoms with Crippen LogP contribution in [0.4, 0.5) is 0 Å². The van der Waals surface area contributed by atoms with Crippen molar-refractivity contribution in [3.63, 3.8) is 0 Å². The SMILES string of the molecule is CC(Oc1ccc(C#N)cc1)C(=O)N(C)Cc1cccnc1. The minimum Gasteiger partial charge on any atom is -0.481 e. The Morgan fingerprint density at radius 2 is 2.09 bits per heavy atom. The van der Waals surface area contributed by atoms with E-state index >= 15 is 0 Å². The van der Waals surface area contributed by atoms with Gasteiger partial charge in [0.15, 0.2) is 6.10 Å². The molecule has 1 unspecified atom stereocenters. The van der Waals surface area contributed by atoms with E-state index in [1.807, 2.05) is 18.2 Å². The van der Waals surface area contributed by atoms with Crippen molar-refractivity contribution in [3.8, 4) is 11.8 Å². The number of amides is 1. The van der Waals surface area contributed by atoms with E-state index in [-0.39, 0.29) is 5.91 Å². The summed E-state index contributed by atoms with van der Waals surface area (Å²) in [6.07, 6.45) is 2.83. The van der Waals surface area contributed by atoms with Gasteiger partial charge in [-0.25, -0.2) is 0 Å². The Morgan fingerprint density at radius 1 is 1.36 bits per heavy atom. The molecule has 0 aliphatic heterocycles. The van der Waals surface area contributed by atoms with Crippen LogP contribution in [0.5, 0.6) is 5.75 Å². The van der Waals surface area contributed by atoms with Crippen molar-refractivity contribution in [2.24, 2.45) is 0 Å². The number of nitrogens with zero attached hydrogens (tertiary/aromatic N) is 3. The van der Waals surface area contributed by atoms with Crippen molar-refractivity contribution in [2.45, 2.75) is 19.6 Å². The Bertz CT molecular complexity index is 663. The van der Waals surface area contributed by atoms with Gasteiger partial charge in [-0.3, -0.25) is 9.78 Å². The molecular formula is C17H17N3O2. The van der Waals surface area contributed by atoms with E-state index in [0.717, 1.165) is 5.56 Å². The number of hydrogen-bond acceptors (Lipinski definition) is 4. The largest absolute Gasteiger partial charge is 0.481 e. The van der Waals surface area contributed by atoms with E-state index in [1.165, 1.54) is 0 Å². The molecular weight excluding hydrogens is 278 g/mol. The first-order valence-corrected chi connectivity index (χ1v) is 6.91. The predicted molar refractivity (Wildman–Crippen MR) is 82.0 cm³/mol. The fraction of sp³-hybridized carbons (Fsp3) is 0.235. The minimum absolute atomic E-state index is 0.117. The number of rotatable bonds is 5. The van der Waals surface area contributed by atoms with E-state index < -0.39 is 6.10 Å². The molecule has 0 bridgehead atoms. The maximum absolute atomic E-state index is 12.3. The van der Waals surface area contributed by atoms with Crippen LogP contribution in [0, 0.1) is 11.3 Å². The zero-order valence-corrected chi connectivity index (χ0v) is 12.6. The van der Waals surface area contributed by atoms with Gasteiger partial charge in [0.05, 0.1) is 11.6 Å². The first kappa shape index (κ1) is 15.5. The van der Waals surface area contributed by atoms with Crippen LogP contribution in [0.25, 0.3) is 0 Å². The average Bonchev–Trinajstić information content (AvgIpc) is 2.55. The highest BCUT2D eigenvalue weighted by molar-refractivity contribution is 5.80. The Morgan fingerprint density at radius 3 is 2.68 bits per heavy atom. The Balaban J connectivity index is 1.94. The van der Waals surface area contributed by atoms with Gasteiger partial charge >= 0.3 is 0 Å². The van der Waals surface area contributed by atoms with E-state index in [9.17, 15) is 4.79 Å². The molecule has 1 amide bonds. The number of benzene rings is 1. The molecule has 0 aliphatic rings. The topological polar surface area (TPSA) is 66.2 Å². The molecule has 2 aromatic rings. The second-order valence-corrected chi connectivity index (χ2v) is 4.95. The third-order valence-corrected chi connectivity index (χ3v) is 3.16. The number of nitriles is 1. The summed E-state index contributed by atoms with van der Waals surface area (Å²) in [6.45, 7) is 2.19. The Labute approximate surface area is 129 Å². The van der Waals surface area contributed by atoms with Gasteiger partial charge in [0.2, 0.25) is 0 Å². The normalized spacial score (nSPS) is 11.3. The van der Waals surface area contributed by atoms with Gasteiger partial charge < -0.3 is 9.64 Å². The number of ether oxygens (including phenoxy) is 1. The lowest BCUT2D eigenvalue weighted by molar-refractivity contribution is -0.137. The molecule has 0 radical (unpaired) electrons. The van der Waals surface area contributed by atoms with Crippen LogP contribution in [0.1, 0.15) is 18.1 Å². The van der Waals surface area contributed by atoms with Crippen LogP contribution in [0.15, 0.2) is 48.8 Å². The maximum atomic E-state index is 12.3. The molecule has 1 aromatic heterocycles. The maximum Gasteiger partial charge on any atom is 0.263 e. The predicted octanol–water partition coefficient (Wildman–Crippen LogP) is 2.38. The molecule has 22 heavy (non-hydrogen) atoms. The van der Waals surface area contributed by atoms with Crippen LogP contribution < -0.4 is 4.74 Å². The third kappa shape index (κ3) is 4.06. The second-order valence-electron chi connectivity index (χ2n) is 4.95. The monoisotopic (exact) mass is 295 g/mol. The quantitative estimate of drug-likeness (QED) is 0.849. The Hall–Kier alpha value is -2.87. The summed E-state index contributed by atoms with van der Waals surface area (Å²) < 4.78 is 5.62. The molecule has 0 saturated carbocycles. The lowest BCUT2D eigenvalue weighted by atomic mass is 10.2. The molecule has 0 N–H and O–H groups in total. The van der Waals surface area contributed by atoms with Crippen LogP contribution in [0.3, 0.4) is 0 Å². The zero-order valence-electron chi connectivity index (χ0n) is 12.6. The third-order valence-electron chi connectivity index (χ3n) is 3.16. The standard InChI is InChI=1S/C17H17N3O2/c1-13(22-16-7-5-14(10-18)6-8-16)17(21)20(2)12-15-4-3-9-19-11-15/h3-9,11,13H,12H2,1-2H3. The molecule has 1 aromatic carbocycles. The summed E-state index contributed by atoms with van der Waals surface area (Å²) in [5, 5.41) is 8.75. The van der Waals surface area contributed by atoms with Gasteiger partial charge in [-0.1, -0.05) is 6.07 Å². The fourth-order valence-electron chi connectivity index (χ4n) is 2.02. The van der Waals surface area contributed by atoms with Gasteiger partial charge in [0, 0.05) is 26.0 Å². The molecule has 0 spiro atoms. The number of pyridine rings is 1. The van der Waals surface area contributed by atoms with Crippen molar-refractivity contribution < 1.29 is 9.53 Å². The van der Waals surface area contributed by atoms with Gasteiger partial charge in [0.25, 0.3) is 5.91 Å². The van der Waals surface area contributed by atoms with Crippen LogP contribution in [-0.2, 0) is 11.3 Å². The summed E-state index contributed by atoms with van der Waals surface area (Å²) in [6, 6.07) is 12.5. The average molecular weight is 295 g/mol. The number of aromatic nitrogens is 1. The molecule has 0 saturated heterocycles. The highest BCUT2D eigenvalue weighted by Gasteiger charge is 2.19. The molecule has 1 heterocycles. The van der Waals surface area contributed by atoms with E-state index in [4.69, 9.17) is 10.00 Å². The van der Waals surface area contributed by atoms with Crippen molar-refractivity contribution >= 4 is 5.91 Å². The highest BCUT2D eigenvalue weighted by Crippen LogP contribution is 2.14. The number of carbonyl (C=O) groups excluding carboxylic acids is 1. The summed E-state index contributed by atoms with van der Waals surface area (Å²) in [7, 11) is 1.73. The number of carbonyl (C=O) groups is 1. The molecule has 5 nitrogen and oxygen atoms in total. The van der Waals surface area contributed by atoms with Gasteiger partial charge in [0.1, 0.15) is 5.75 Å². The van der Waals surface area contributed by atoms with Crippen LogP contribution in [-0.4, -0.2) is 28.9 Å².